The van der Waals surface area contributed by atoms with E-state index in [1.165, 1.54) is 11.1 Å². The first-order chi connectivity index (χ1) is 15.0. The number of aromatic nitrogens is 2. The van der Waals surface area contributed by atoms with Crippen LogP contribution in [0.2, 0.25) is 5.02 Å². The molecule has 0 unspecified atom stereocenters. The maximum absolute atomic E-state index is 6.59. The van der Waals surface area contributed by atoms with E-state index in [0.29, 0.717) is 0 Å². The first-order valence-electron chi connectivity index (χ1n) is 11.0. The van der Waals surface area contributed by atoms with Gasteiger partial charge in [-0.25, -0.2) is 9.97 Å². The summed E-state index contributed by atoms with van der Waals surface area (Å²) in [6.07, 6.45) is 2.57. The lowest BCUT2D eigenvalue weighted by Gasteiger charge is -2.32. The Balaban J connectivity index is 1.82. The van der Waals surface area contributed by atoms with Crippen molar-refractivity contribution < 1.29 is 4.74 Å². The maximum Gasteiger partial charge on any atom is 0.151 e. The van der Waals surface area contributed by atoms with Crippen molar-refractivity contribution >= 4 is 17.4 Å². The fourth-order valence-corrected chi connectivity index (χ4v) is 4.95. The van der Waals surface area contributed by atoms with Crippen LogP contribution in [0.25, 0.3) is 11.3 Å². The zero-order valence-corrected chi connectivity index (χ0v) is 19.7. The lowest BCUT2D eigenvalue weighted by atomic mass is 10.0. The number of hydrogen-bond acceptors (Lipinski definition) is 4. The van der Waals surface area contributed by atoms with Gasteiger partial charge in [0.15, 0.2) is 5.82 Å². The summed E-state index contributed by atoms with van der Waals surface area (Å²) in [5.74, 6) is 0.926. The number of hydrogen-bond donors (Lipinski definition) is 0. The van der Waals surface area contributed by atoms with Gasteiger partial charge < -0.3 is 9.64 Å². The van der Waals surface area contributed by atoms with Crippen molar-refractivity contribution in [2.75, 3.05) is 19.1 Å². The van der Waals surface area contributed by atoms with E-state index in [1.807, 2.05) is 13.0 Å². The van der Waals surface area contributed by atoms with E-state index < -0.39 is 0 Å². The van der Waals surface area contributed by atoms with Crippen LogP contribution in [0.15, 0.2) is 42.5 Å². The smallest absolute Gasteiger partial charge is 0.151 e. The van der Waals surface area contributed by atoms with Crippen molar-refractivity contribution in [3.63, 3.8) is 0 Å². The summed E-state index contributed by atoms with van der Waals surface area (Å²) in [6, 6.07) is 14.8. The van der Waals surface area contributed by atoms with Crippen molar-refractivity contribution in [1.29, 1.82) is 0 Å². The van der Waals surface area contributed by atoms with E-state index in [9.17, 15) is 0 Å². The molecule has 4 nitrogen and oxygen atoms in total. The predicted molar refractivity (Wildman–Crippen MR) is 128 cm³/mol. The molecule has 3 aromatic rings. The highest BCUT2D eigenvalue weighted by atomic mass is 35.5. The number of anilines is 1. The number of halogens is 1. The third-order valence-electron chi connectivity index (χ3n) is 6.27. The molecule has 1 aliphatic rings. The molecule has 0 spiro atoms. The molecular weight excluding hydrogens is 406 g/mol. The topological polar surface area (TPSA) is 38.2 Å². The van der Waals surface area contributed by atoms with Gasteiger partial charge in [0.05, 0.1) is 34.3 Å². The number of likely N-dealkylation sites (N-methyl/N-ethyl adjacent to an activating group) is 1. The van der Waals surface area contributed by atoms with Gasteiger partial charge in [-0.1, -0.05) is 61.8 Å². The molecule has 0 bridgehead atoms. The summed E-state index contributed by atoms with van der Waals surface area (Å²) >= 11 is 6.59. The molecule has 1 aromatic heterocycles. The third-order valence-corrected chi connectivity index (χ3v) is 6.58. The number of fused-ring (bicyclic) bond motifs is 1. The Morgan fingerprint density at radius 2 is 1.81 bits per heavy atom. The molecule has 0 saturated heterocycles. The van der Waals surface area contributed by atoms with Gasteiger partial charge in [-0.15, -0.1) is 0 Å². The molecule has 0 saturated carbocycles. The SMILES string of the molecule is CCc1nc(N(C)[C@H]2c3ccccc3C[C@@H]2OC)c(CC)nc1-c1ccc(C)cc1Cl. The molecule has 0 aliphatic heterocycles. The molecule has 0 amide bonds. The molecule has 31 heavy (non-hydrogen) atoms. The Morgan fingerprint density at radius 1 is 1.06 bits per heavy atom. The second kappa shape index (κ2) is 8.97. The molecule has 2 aromatic carbocycles. The van der Waals surface area contributed by atoms with Gasteiger partial charge in [0.1, 0.15) is 0 Å². The van der Waals surface area contributed by atoms with Crippen molar-refractivity contribution in [3.8, 4) is 11.3 Å². The quantitative estimate of drug-likeness (QED) is 0.477. The van der Waals surface area contributed by atoms with Crippen molar-refractivity contribution in [2.45, 2.75) is 52.2 Å². The van der Waals surface area contributed by atoms with E-state index in [2.05, 4.69) is 62.2 Å². The van der Waals surface area contributed by atoms with Crippen LogP contribution in [0.3, 0.4) is 0 Å². The van der Waals surface area contributed by atoms with Crippen molar-refractivity contribution in [3.05, 3.63) is 75.6 Å². The predicted octanol–water partition coefficient (Wildman–Crippen LogP) is 5.98. The van der Waals surface area contributed by atoms with Crippen LogP contribution < -0.4 is 4.90 Å². The van der Waals surface area contributed by atoms with E-state index in [-0.39, 0.29) is 12.1 Å². The molecule has 4 rings (SSSR count). The standard InChI is InChI=1S/C26H30ClN3O/c1-6-21-24(19-13-12-16(3)14-20(19)27)28-22(7-2)26(29-21)30(4)25-18-11-9-8-10-17(18)15-23(25)31-5/h8-14,23,25H,6-7,15H2,1-5H3/t23-,25-/m0/s1. The first-order valence-corrected chi connectivity index (χ1v) is 11.4. The Kier molecular flexibility index (Phi) is 6.31. The zero-order chi connectivity index (χ0) is 22.1. The molecule has 0 radical (unpaired) electrons. The minimum absolute atomic E-state index is 0.0882. The highest BCUT2D eigenvalue weighted by Crippen LogP contribution is 2.40. The summed E-state index contributed by atoms with van der Waals surface area (Å²) < 4.78 is 5.89. The fraction of sp³-hybridized carbons (Fsp3) is 0.385. The van der Waals surface area contributed by atoms with E-state index >= 15 is 0 Å². The van der Waals surface area contributed by atoms with E-state index in [0.717, 1.165) is 58.3 Å². The number of ether oxygens (including phenoxy) is 1. The van der Waals surface area contributed by atoms with Crippen LogP contribution in [0, 0.1) is 6.92 Å². The van der Waals surface area contributed by atoms with E-state index in [1.54, 1.807) is 7.11 Å². The normalized spacial score (nSPS) is 17.6. The molecule has 1 heterocycles. The van der Waals surface area contributed by atoms with Gasteiger partial charge in [-0.05, 0) is 42.5 Å². The molecular formula is C26H30ClN3O. The van der Waals surface area contributed by atoms with Crippen LogP contribution in [-0.4, -0.2) is 30.2 Å². The Hall–Kier alpha value is -2.43. The largest absolute Gasteiger partial charge is 0.379 e. The van der Waals surface area contributed by atoms with Gasteiger partial charge >= 0.3 is 0 Å². The van der Waals surface area contributed by atoms with Gasteiger partial charge in [-0.2, -0.15) is 0 Å². The molecule has 2 atom stereocenters. The number of methoxy groups -OCH3 is 1. The minimum Gasteiger partial charge on any atom is -0.379 e. The lowest BCUT2D eigenvalue weighted by Crippen LogP contribution is -2.34. The van der Waals surface area contributed by atoms with Crippen LogP contribution >= 0.6 is 11.6 Å². The molecule has 0 fully saturated rings. The monoisotopic (exact) mass is 435 g/mol. The van der Waals surface area contributed by atoms with Crippen LogP contribution in [0.1, 0.15) is 48.0 Å². The third kappa shape index (κ3) is 3.95. The highest BCUT2D eigenvalue weighted by molar-refractivity contribution is 6.33. The summed E-state index contributed by atoms with van der Waals surface area (Å²) in [5.41, 5.74) is 7.56. The second-order valence-electron chi connectivity index (χ2n) is 8.21. The summed E-state index contributed by atoms with van der Waals surface area (Å²) in [5, 5.41) is 0.719. The maximum atomic E-state index is 6.59. The van der Waals surface area contributed by atoms with Gasteiger partial charge in [0, 0.05) is 26.1 Å². The Labute approximate surface area is 190 Å². The van der Waals surface area contributed by atoms with Crippen LogP contribution in [-0.2, 0) is 24.0 Å². The second-order valence-corrected chi connectivity index (χ2v) is 8.62. The molecule has 5 heteroatoms. The van der Waals surface area contributed by atoms with Crippen molar-refractivity contribution in [2.24, 2.45) is 0 Å². The fourth-order valence-electron chi connectivity index (χ4n) is 4.63. The lowest BCUT2D eigenvalue weighted by molar-refractivity contribution is 0.0889. The molecule has 162 valence electrons. The number of nitrogens with zero attached hydrogens (tertiary/aromatic N) is 3. The van der Waals surface area contributed by atoms with Crippen LogP contribution in [0.5, 0.6) is 0 Å². The van der Waals surface area contributed by atoms with Crippen molar-refractivity contribution in [1.82, 2.24) is 9.97 Å². The minimum atomic E-state index is 0.0882. The summed E-state index contributed by atoms with van der Waals surface area (Å²) in [6.45, 7) is 6.29. The zero-order valence-electron chi connectivity index (χ0n) is 18.9. The van der Waals surface area contributed by atoms with Gasteiger partial charge in [-0.3, -0.25) is 0 Å². The Morgan fingerprint density at radius 3 is 2.48 bits per heavy atom. The molecule has 0 N–H and O–H groups in total. The number of aryl methyl sites for hydroxylation is 3. The van der Waals surface area contributed by atoms with Gasteiger partial charge in [0.2, 0.25) is 0 Å². The van der Waals surface area contributed by atoms with Gasteiger partial charge in [0.25, 0.3) is 0 Å². The average molecular weight is 436 g/mol. The summed E-state index contributed by atoms with van der Waals surface area (Å²) in [7, 11) is 3.91. The first kappa shape index (κ1) is 21.8. The number of rotatable bonds is 6. The summed E-state index contributed by atoms with van der Waals surface area (Å²) in [4.78, 5) is 12.5. The van der Waals surface area contributed by atoms with E-state index in [4.69, 9.17) is 26.3 Å². The average Bonchev–Trinajstić information content (AvgIpc) is 3.16. The van der Waals surface area contributed by atoms with Crippen LogP contribution in [0.4, 0.5) is 5.82 Å². The molecule has 1 aliphatic carbocycles. The highest BCUT2D eigenvalue weighted by Gasteiger charge is 2.36. The Bertz CT molecular complexity index is 1100. The number of benzene rings is 2.